The number of furan rings is 1. The van der Waals surface area contributed by atoms with Crippen LogP contribution in [0.25, 0.3) is 71.1 Å². The zero-order valence-corrected chi connectivity index (χ0v) is 30.9. The quantitative estimate of drug-likeness (QED) is 0.0947. The van der Waals surface area contributed by atoms with Gasteiger partial charge in [0.05, 0.1) is 0 Å². The molecule has 4 nitrogen and oxygen atoms in total. The number of nitrogens with two attached hydrogens (primary N) is 2. The van der Waals surface area contributed by atoms with Gasteiger partial charge in [0.1, 0.15) is 17.2 Å². The molecule has 1 aromatic heterocycles. The van der Waals surface area contributed by atoms with Crippen LogP contribution in [0, 0.1) is 25.2 Å². The zero-order valence-electron chi connectivity index (χ0n) is 30.9. The van der Waals surface area contributed by atoms with Crippen LogP contribution in [0.5, 0.6) is 0 Å². The minimum atomic E-state index is -0.0493. The number of rotatable bonds is 5. The molecular weight excluding hydrogens is 659 g/mol. The van der Waals surface area contributed by atoms with Crippen molar-refractivity contribution in [3.05, 3.63) is 187 Å². The molecule has 1 heterocycles. The molecule has 54 heavy (non-hydrogen) atoms. The van der Waals surface area contributed by atoms with E-state index in [1.54, 1.807) is 0 Å². The Morgan fingerprint density at radius 3 is 1.61 bits per heavy atom. The first-order valence-corrected chi connectivity index (χ1v) is 18.4. The minimum Gasteiger partial charge on any atom is -0.461 e. The summed E-state index contributed by atoms with van der Waals surface area (Å²) in [6.07, 6.45) is 9.54. The molecule has 1 unspecified atom stereocenters. The van der Waals surface area contributed by atoms with Gasteiger partial charge in [-0.15, -0.1) is 0 Å². The van der Waals surface area contributed by atoms with E-state index in [2.05, 4.69) is 153 Å². The number of allylic oxidation sites excluding steroid dienone is 3. The molecule has 266 valence electrons. The fourth-order valence-electron chi connectivity index (χ4n) is 7.19. The molecule has 0 bridgehead atoms. The third kappa shape index (κ3) is 7.52. The van der Waals surface area contributed by atoms with Crippen molar-refractivity contribution in [2.45, 2.75) is 20.3 Å². The summed E-state index contributed by atoms with van der Waals surface area (Å²) in [6.45, 7) is 8.75. The number of aryl methyl sites for hydroxylation is 2. The van der Waals surface area contributed by atoms with Gasteiger partial charge in [-0.25, -0.2) is 0 Å². The molecule has 0 saturated carbocycles. The van der Waals surface area contributed by atoms with Crippen molar-refractivity contribution in [2.24, 2.45) is 17.4 Å². The average molecular weight is 704 g/mol. The van der Waals surface area contributed by atoms with Gasteiger partial charge < -0.3 is 15.9 Å². The fourth-order valence-corrected chi connectivity index (χ4v) is 7.19. The first-order chi connectivity index (χ1) is 26.3. The molecule has 1 atom stereocenters. The summed E-state index contributed by atoms with van der Waals surface area (Å²) in [5.74, 6) is 1.26. The monoisotopic (exact) mass is 703 g/mol. The summed E-state index contributed by atoms with van der Waals surface area (Å²) in [5, 5.41) is 16.4. The van der Waals surface area contributed by atoms with Crippen molar-refractivity contribution in [3.8, 4) is 22.3 Å². The van der Waals surface area contributed by atoms with Gasteiger partial charge in [-0.2, -0.15) is 0 Å². The summed E-state index contributed by atoms with van der Waals surface area (Å²) in [6, 6.07) is 49.2. The van der Waals surface area contributed by atoms with Gasteiger partial charge in [-0.1, -0.05) is 158 Å². The van der Waals surface area contributed by atoms with E-state index in [4.69, 9.17) is 21.3 Å². The molecular formula is C50H45N3O. The predicted octanol–water partition coefficient (Wildman–Crippen LogP) is 12.6. The third-order valence-corrected chi connectivity index (χ3v) is 10.1. The van der Waals surface area contributed by atoms with Gasteiger partial charge in [0.2, 0.25) is 0 Å². The molecule has 9 rings (SSSR count). The largest absolute Gasteiger partial charge is 0.461 e. The smallest absolute Gasteiger partial charge is 0.134 e. The van der Waals surface area contributed by atoms with Crippen molar-refractivity contribution in [1.82, 2.24) is 0 Å². The molecule has 5 N–H and O–H groups in total. The lowest BCUT2D eigenvalue weighted by Crippen LogP contribution is -2.11. The molecule has 1 aliphatic rings. The Bertz CT molecular complexity index is 2650. The van der Waals surface area contributed by atoms with Gasteiger partial charge >= 0.3 is 0 Å². The average Bonchev–Trinajstić information content (AvgIpc) is 3.56. The maximum atomic E-state index is 7.84. The van der Waals surface area contributed by atoms with Gasteiger partial charge in [0, 0.05) is 16.5 Å². The summed E-state index contributed by atoms with van der Waals surface area (Å²) in [5.41, 5.74) is 19.1. The molecule has 0 aliphatic heterocycles. The van der Waals surface area contributed by atoms with E-state index in [0.717, 1.165) is 40.6 Å². The highest BCUT2D eigenvalue weighted by Crippen LogP contribution is 2.38. The van der Waals surface area contributed by atoms with Crippen LogP contribution in [0.3, 0.4) is 0 Å². The molecule has 0 spiro atoms. The van der Waals surface area contributed by atoms with Crippen LogP contribution < -0.4 is 11.5 Å². The Kier molecular flexibility index (Phi) is 10.7. The van der Waals surface area contributed by atoms with Crippen molar-refractivity contribution in [3.63, 3.8) is 0 Å². The highest BCUT2D eigenvalue weighted by atomic mass is 16.3. The number of hydrogen-bond donors (Lipinski definition) is 3. The summed E-state index contributed by atoms with van der Waals surface area (Å²) in [4.78, 5) is 0. The molecule has 0 radical (unpaired) electrons. The number of fused-ring (bicyclic) bond motifs is 7. The van der Waals surface area contributed by atoms with E-state index in [1.165, 1.54) is 49.0 Å². The Labute approximate surface area is 317 Å². The SMILES string of the molecule is C=C(C(=N)N)c1c(C)oc2ccc(-c3ccc(-c4ccc5c6ccccc6c6ccccc6c5c4)cc3)cc12.Cc1ccccc1.NCC1C=CC=CC1. The highest BCUT2D eigenvalue weighted by molar-refractivity contribution is 6.26. The normalized spacial score (nSPS) is 13.4. The van der Waals surface area contributed by atoms with E-state index < -0.39 is 0 Å². The second kappa shape index (κ2) is 16.0. The molecule has 1 aliphatic carbocycles. The standard InChI is InChI=1S/C36H26N2O.C7H11N.C7H8/c1-21(36(37)38)35-22(2)39-34-18-16-26(20-33(34)35)24-13-11-23(12-14-24)25-15-17-31-29-9-4-3-7-27(29)28-8-5-6-10-30(28)32(31)19-25;8-6-7-4-2-1-3-5-7;1-7-5-3-2-4-6-7/h3-20H,1H2,2H3,(H3,37,38);1-4,7H,5-6,8H2;2-6H,1H3. The third-order valence-electron chi connectivity index (χ3n) is 10.1. The minimum absolute atomic E-state index is 0.0493. The topological polar surface area (TPSA) is 89.0 Å². The molecule has 4 heteroatoms. The summed E-state index contributed by atoms with van der Waals surface area (Å²) < 4.78 is 5.92. The van der Waals surface area contributed by atoms with Crippen molar-refractivity contribution >= 4 is 54.7 Å². The van der Waals surface area contributed by atoms with Crippen LogP contribution in [-0.2, 0) is 0 Å². The van der Waals surface area contributed by atoms with Crippen LogP contribution in [0.15, 0.2) is 175 Å². The Hall–Kier alpha value is -6.49. The lowest BCUT2D eigenvalue weighted by atomic mass is 9.91. The zero-order chi connectivity index (χ0) is 37.6. The maximum absolute atomic E-state index is 7.84. The van der Waals surface area contributed by atoms with Gasteiger partial charge in [-0.05, 0) is 106 Å². The van der Waals surface area contributed by atoms with E-state index in [0.29, 0.717) is 17.3 Å². The predicted molar refractivity (Wildman–Crippen MR) is 232 cm³/mol. The summed E-state index contributed by atoms with van der Waals surface area (Å²) >= 11 is 0. The second-order valence-electron chi connectivity index (χ2n) is 13.8. The van der Waals surface area contributed by atoms with Crippen LogP contribution in [-0.4, -0.2) is 12.4 Å². The van der Waals surface area contributed by atoms with E-state index in [-0.39, 0.29) is 5.84 Å². The van der Waals surface area contributed by atoms with Crippen molar-refractivity contribution in [1.29, 1.82) is 5.41 Å². The van der Waals surface area contributed by atoms with E-state index >= 15 is 0 Å². The highest BCUT2D eigenvalue weighted by Gasteiger charge is 2.17. The second-order valence-corrected chi connectivity index (χ2v) is 13.8. The number of amidine groups is 1. The molecule has 7 aromatic carbocycles. The summed E-state index contributed by atoms with van der Waals surface area (Å²) in [7, 11) is 0. The van der Waals surface area contributed by atoms with Gasteiger partial charge in [0.15, 0.2) is 0 Å². The number of benzene rings is 7. The fraction of sp³-hybridized carbons (Fsp3) is 0.100. The number of nitrogens with one attached hydrogen (secondary N) is 1. The van der Waals surface area contributed by atoms with E-state index in [9.17, 15) is 0 Å². The Balaban J connectivity index is 0.000000249. The molecule has 0 fully saturated rings. The van der Waals surface area contributed by atoms with Crippen LogP contribution in [0.4, 0.5) is 0 Å². The van der Waals surface area contributed by atoms with E-state index in [1.807, 2.05) is 31.2 Å². The van der Waals surface area contributed by atoms with Crippen molar-refractivity contribution in [2.75, 3.05) is 6.54 Å². The molecule has 0 saturated heterocycles. The first kappa shape index (κ1) is 35.9. The maximum Gasteiger partial charge on any atom is 0.134 e. The van der Waals surface area contributed by atoms with Crippen molar-refractivity contribution < 1.29 is 4.42 Å². The lowest BCUT2D eigenvalue weighted by molar-refractivity contribution is 0.577. The number of hydrogen-bond acceptors (Lipinski definition) is 3. The lowest BCUT2D eigenvalue weighted by Gasteiger charge is -2.12. The van der Waals surface area contributed by atoms with Gasteiger partial charge in [0.25, 0.3) is 0 Å². The Morgan fingerprint density at radius 1 is 0.630 bits per heavy atom. The molecule has 8 aromatic rings. The Morgan fingerprint density at radius 2 is 1.13 bits per heavy atom. The van der Waals surface area contributed by atoms with Gasteiger partial charge in [-0.3, -0.25) is 5.41 Å². The molecule has 0 amide bonds. The van der Waals surface area contributed by atoms with Crippen LogP contribution in [0.2, 0.25) is 0 Å². The van der Waals surface area contributed by atoms with Crippen LogP contribution >= 0.6 is 0 Å². The first-order valence-electron chi connectivity index (χ1n) is 18.4. The van der Waals surface area contributed by atoms with Crippen LogP contribution in [0.1, 0.15) is 23.3 Å².